The van der Waals surface area contributed by atoms with Crippen LogP contribution in [0, 0.1) is 0 Å². The van der Waals surface area contributed by atoms with Gasteiger partial charge in [0.1, 0.15) is 0 Å². The summed E-state index contributed by atoms with van der Waals surface area (Å²) in [6.45, 7) is 4.45. The normalized spacial score (nSPS) is 12.0. The Morgan fingerprint density at radius 2 is 1.83 bits per heavy atom. The summed E-state index contributed by atoms with van der Waals surface area (Å²) in [5, 5.41) is 5.52. The molecule has 0 heterocycles. The van der Waals surface area contributed by atoms with E-state index in [0.717, 1.165) is 5.56 Å². The van der Waals surface area contributed by atoms with Gasteiger partial charge in [-0.15, -0.1) is 0 Å². The molecule has 0 aromatic heterocycles. The third-order valence-corrected chi connectivity index (χ3v) is 2.93. The van der Waals surface area contributed by atoms with Gasteiger partial charge in [0.15, 0.2) is 5.96 Å². The van der Waals surface area contributed by atoms with Gasteiger partial charge in [-0.05, 0) is 31.5 Å². The zero-order valence-corrected chi connectivity index (χ0v) is 13.7. The zero-order chi connectivity index (χ0) is 18.0. The van der Waals surface area contributed by atoms with E-state index >= 15 is 0 Å². The van der Waals surface area contributed by atoms with Crippen molar-refractivity contribution in [1.82, 2.24) is 10.6 Å². The number of halogens is 3. The molecule has 0 aliphatic carbocycles. The van der Waals surface area contributed by atoms with Gasteiger partial charge >= 0.3 is 12.1 Å². The Morgan fingerprint density at radius 3 is 2.38 bits per heavy atom. The minimum absolute atomic E-state index is 0.239. The fourth-order valence-electron chi connectivity index (χ4n) is 1.80. The summed E-state index contributed by atoms with van der Waals surface area (Å²) in [6.07, 6.45) is -5.13. The van der Waals surface area contributed by atoms with Crippen molar-refractivity contribution in [1.29, 1.82) is 0 Å². The van der Waals surface area contributed by atoms with E-state index in [1.807, 2.05) is 6.92 Å². The van der Waals surface area contributed by atoms with E-state index in [1.54, 1.807) is 31.2 Å². The topological polar surface area (TPSA) is 62.7 Å². The predicted molar refractivity (Wildman–Crippen MR) is 85.9 cm³/mol. The molecule has 0 fully saturated rings. The van der Waals surface area contributed by atoms with Crippen molar-refractivity contribution in [3.8, 4) is 0 Å². The third-order valence-electron chi connectivity index (χ3n) is 2.93. The van der Waals surface area contributed by atoms with E-state index in [0.29, 0.717) is 24.7 Å². The molecule has 0 bridgehead atoms. The second kappa shape index (κ2) is 9.79. The molecule has 2 N–H and O–H groups in total. The summed E-state index contributed by atoms with van der Waals surface area (Å²) in [6, 6.07) is 6.73. The molecule has 5 nitrogen and oxygen atoms in total. The van der Waals surface area contributed by atoms with Crippen molar-refractivity contribution in [2.45, 2.75) is 33.0 Å². The smallest absolute Gasteiger partial charge is 0.390 e. The quantitative estimate of drug-likeness (QED) is 0.453. The number of rotatable bonds is 7. The summed E-state index contributed by atoms with van der Waals surface area (Å²) in [5.74, 6) is -0.0778. The molecule has 0 spiro atoms. The maximum Gasteiger partial charge on any atom is 0.390 e. The predicted octanol–water partition coefficient (Wildman–Crippen LogP) is 2.87. The molecule has 0 unspecified atom stereocenters. The Morgan fingerprint density at radius 1 is 1.17 bits per heavy atom. The lowest BCUT2D eigenvalue weighted by Crippen LogP contribution is -2.38. The lowest BCUT2D eigenvalue weighted by molar-refractivity contribution is -0.132. The number of guanidine groups is 1. The van der Waals surface area contributed by atoms with Gasteiger partial charge in [-0.3, -0.25) is 0 Å². The molecule has 24 heavy (non-hydrogen) atoms. The highest BCUT2D eigenvalue weighted by atomic mass is 19.4. The van der Waals surface area contributed by atoms with Crippen LogP contribution in [0.3, 0.4) is 0 Å². The Kier molecular flexibility index (Phi) is 8.08. The summed E-state index contributed by atoms with van der Waals surface area (Å²) in [4.78, 5) is 15.8. The van der Waals surface area contributed by atoms with E-state index in [2.05, 4.69) is 15.6 Å². The van der Waals surface area contributed by atoms with Crippen molar-refractivity contribution in [2.24, 2.45) is 4.99 Å². The number of esters is 1. The lowest BCUT2D eigenvalue weighted by Gasteiger charge is -2.12. The van der Waals surface area contributed by atoms with E-state index in [9.17, 15) is 18.0 Å². The SMILES string of the molecule is CCNC(=NCc1ccc(C(=O)OCC)cc1)NCCC(F)(F)F. The molecule has 1 aromatic carbocycles. The molecular formula is C16H22F3N3O2. The highest BCUT2D eigenvalue weighted by Crippen LogP contribution is 2.18. The Labute approximate surface area is 139 Å². The first-order valence-electron chi connectivity index (χ1n) is 7.70. The fraction of sp³-hybridized carbons (Fsp3) is 0.500. The second-order valence-electron chi connectivity index (χ2n) is 4.90. The first-order valence-corrected chi connectivity index (χ1v) is 7.70. The van der Waals surface area contributed by atoms with Crippen LogP contribution in [-0.4, -0.2) is 37.8 Å². The van der Waals surface area contributed by atoms with Gasteiger partial charge in [0.25, 0.3) is 0 Å². The highest BCUT2D eigenvalue weighted by molar-refractivity contribution is 5.89. The van der Waals surface area contributed by atoms with Gasteiger partial charge in [0.05, 0.1) is 25.1 Å². The number of benzene rings is 1. The number of aliphatic imine (C=N–C) groups is 1. The minimum Gasteiger partial charge on any atom is -0.462 e. The van der Waals surface area contributed by atoms with Crippen molar-refractivity contribution in [3.63, 3.8) is 0 Å². The molecular weight excluding hydrogens is 323 g/mol. The fourth-order valence-corrected chi connectivity index (χ4v) is 1.80. The molecule has 0 aliphatic heterocycles. The first-order chi connectivity index (χ1) is 11.4. The summed E-state index contributed by atoms with van der Waals surface area (Å²) < 4.78 is 41.4. The molecule has 0 radical (unpaired) electrons. The van der Waals surface area contributed by atoms with Gasteiger partial charge in [0.2, 0.25) is 0 Å². The van der Waals surface area contributed by atoms with Crippen LogP contribution < -0.4 is 10.6 Å². The minimum atomic E-state index is -4.20. The van der Waals surface area contributed by atoms with Crippen LogP contribution in [0.2, 0.25) is 0 Å². The third kappa shape index (κ3) is 7.85. The van der Waals surface area contributed by atoms with Crippen molar-refractivity contribution >= 4 is 11.9 Å². The highest BCUT2D eigenvalue weighted by Gasteiger charge is 2.26. The van der Waals surface area contributed by atoms with E-state index in [-0.39, 0.29) is 13.1 Å². The average molecular weight is 345 g/mol. The molecule has 0 saturated heterocycles. The second-order valence-corrected chi connectivity index (χ2v) is 4.90. The molecule has 134 valence electrons. The number of nitrogens with one attached hydrogen (secondary N) is 2. The number of ether oxygens (including phenoxy) is 1. The van der Waals surface area contributed by atoms with Gasteiger partial charge < -0.3 is 15.4 Å². The standard InChI is InChI=1S/C16H22F3N3O2/c1-3-20-15(21-10-9-16(17,18)19)22-11-12-5-7-13(8-6-12)14(23)24-4-2/h5-8H,3-4,9-11H2,1-2H3,(H2,20,21,22). The number of alkyl halides is 3. The van der Waals surface area contributed by atoms with Crippen molar-refractivity contribution in [2.75, 3.05) is 19.7 Å². The first kappa shape index (κ1) is 19.8. The van der Waals surface area contributed by atoms with Crippen LogP contribution in [0.15, 0.2) is 29.3 Å². The van der Waals surface area contributed by atoms with E-state index in [4.69, 9.17) is 4.74 Å². The average Bonchev–Trinajstić information content (AvgIpc) is 2.52. The molecule has 8 heteroatoms. The van der Waals surface area contributed by atoms with Gasteiger partial charge in [0, 0.05) is 13.1 Å². The molecule has 0 saturated carbocycles. The molecule has 1 rings (SSSR count). The zero-order valence-electron chi connectivity index (χ0n) is 13.7. The summed E-state index contributed by atoms with van der Waals surface area (Å²) in [5.41, 5.74) is 1.27. The van der Waals surface area contributed by atoms with Crippen LogP contribution >= 0.6 is 0 Å². The maximum atomic E-state index is 12.2. The summed E-state index contributed by atoms with van der Waals surface area (Å²) in [7, 11) is 0. The number of nitrogens with zero attached hydrogens (tertiary/aromatic N) is 1. The van der Waals surface area contributed by atoms with Crippen LogP contribution in [-0.2, 0) is 11.3 Å². The lowest BCUT2D eigenvalue weighted by atomic mass is 10.1. The van der Waals surface area contributed by atoms with Crippen LogP contribution in [0.25, 0.3) is 0 Å². The molecule has 0 atom stereocenters. The molecule has 0 aliphatic rings. The number of carbonyl (C=O) groups excluding carboxylic acids is 1. The van der Waals surface area contributed by atoms with Crippen LogP contribution in [0.4, 0.5) is 13.2 Å². The van der Waals surface area contributed by atoms with Crippen molar-refractivity contribution in [3.05, 3.63) is 35.4 Å². The maximum absolute atomic E-state index is 12.2. The van der Waals surface area contributed by atoms with Gasteiger partial charge in [-0.25, -0.2) is 9.79 Å². The molecule has 0 amide bonds. The van der Waals surface area contributed by atoms with Crippen LogP contribution in [0.5, 0.6) is 0 Å². The Hall–Kier alpha value is -2.25. The number of hydrogen-bond acceptors (Lipinski definition) is 3. The summed E-state index contributed by atoms with van der Waals surface area (Å²) >= 11 is 0. The monoisotopic (exact) mass is 345 g/mol. The van der Waals surface area contributed by atoms with Gasteiger partial charge in [-0.2, -0.15) is 13.2 Å². The van der Waals surface area contributed by atoms with Crippen molar-refractivity contribution < 1.29 is 22.7 Å². The largest absolute Gasteiger partial charge is 0.462 e. The molecule has 1 aromatic rings. The van der Waals surface area contributed by atoms with E-state index in [1.165, 1.54) is 0 Å². The van der Waals surface area contributed by atoms with Gasteiger partial charge in [-0.1, -0.05) is 12.1 Å². The van der Waals surface area contributed by atoms with E-state index < -0.39 is 18.6 Å². The van der Waals surface area contributed by atoms with Crippen LogP contribution in [0.1, 0.15) is 36.2 Å². The Bertz CT molecular complexity index is 542. The number of carbonyl (C=O) groups is 1. The Balaban J connectivity index is 2.60. The number of hydrogen-bond donors (Lipinski definition) is 2.